The summed E-state index contributed by atoms with van der Waals surface area (Å²) >= 11 is 6.06. The Morgan fingerprint density at radius 3 is 2.54 bits per heavy atom. The molecule has 1 fully saturated rings. The van der Waals surface area contributed by atoms with Crippen LogP contribution in [0.4, 0.5) is 0 Å². The summed E-state index contributed by atoms with van der Waals surface area (Å²) in [6.45, 7) is 3.96. The van der Waals surface area contributed by atoms with Crippen molar-refractivity contribution in [2.75, 3.05) is 40.4 Å². The Kier molecular flexibility index (Phi) is 6.95. The van der Waals surface area contributed by atoms with E-state index in [2.05, 4.69) is 11.0 Å². The number of halogens is 1. The lowest BCUT2D eigenvalue weighted by Crippen LogP contribution is -2.47. The van der Waals surface area contributed by atoms with Crippen LogP contribution in [-0.2, 0) is 11.3 Å². The van der Waals surface area contributed by atoms with E-state index in [1.165, 1.54) is 5.56 Å². The van der Waals surface area contributed by atoms with E-state index in [4.69, 9.17) is 21.1 Å². The smallest absolute Gasteiger partial charge is 0.246 e. The van der Waals surface area contributed by atoms with Crippen LogP contribution in [0.1, 0.15) is 11.1 Å². The van der Waals surface area contributed by atoms with Crippen LogP contribution in [0.25, 0.3) is 6.08 Å². The van der Waals surface area contributed by atoms with E-state index in [1.54, 1.807) is 32.4 Å². The second-order valence-corrected chi connectivity index (χ2v) is 7.11. The number of hydrogen-bond acceptors (Lipinski definition) is 4. The molecule has 148 valence electrons. The highest BCUT2D eigenvalue weighted by molar-refractivity contribution is 6.30. The minimum atomic E-state index is 0.0141. The predicted octanol–water partition coefficient (Wildman–Crippen LogP) is 3.71. The molecule has 1 aliphatic rings. The molecule has 0 bridgehead atoms. The molecule has 0 unspecified atom stereocenters. The van der Waals surface area contributed by atoms with Crippen LogP contribution in [0.5, 0.6) is 11.5 Å². The first-order valence-corrected chi connectivity index (χ1v) is 9.62. The summed E-state index contributed by atoms with van der Waals surface area (Å²) in [6.07, 6.45) is 3.40. The van der Waals surface area contributed by atoms with Crippen molar-refractivity contribution >= 4 is 23.6 Å². The lowest BCUT2D eigenvalue weighted by Gasteiger charge is -2.34. The van der Waals surface area contributed by atoms with E-state index in [-0.39, 0.29) is 5.91 Å². The summed E-state index contributed by atoms with van der Waals surface area (Å²) in [7, 11) is 3.22. The van der Waals surface area contributed by atoms with Gasteiger partial charge in [-0.15, -0.1) is 0 Å². The Morgan fingerprint density at radius 1 is 1.07 bits per heavy atom. The van der Waals surface area contributed by atoms with Gasteiger partial charge in [0.05, 0.1) is 14.2 Å². The zero-order valence-electron chi connectivity index (χ0n) is 16.2. The van der Waals surface area contributed by atoms with Gasteiger partial charge in [0.1, 0.15) is 11.5 Å². The number of amides is 1. The van der Waals surface area contributed by atoms with Gasteiger partial charge in [0.2, 0.25) is 5.91 Å². The molecule has 1 heterocycles. The molecule has 1 amide bonds. The van der Waals surface area contributed by atoms with Crippen LogP contribution in [0, 0.1) is 0 Å². The molecule has 1 saturated heterocycles. The van der Waals surface area contributed by atoms with E-state index in [0.29, 0.717) is 18.8 Å². The molecule has 0 aliphatic carbocycles. The average Bonchev–Trinajstić information content (AvgIpc) is 2.72. The number of carbonyl (C=O) groups excluding carboxylic acids is 1. The van der Waals surface area contributed by atoms with Gasteiger partial charge in [-0.2, -0.15) is 0 Å². The fraction of sp³-hybridized carbons (Fsp3) is 0.318. The third-order valence-electron chi connectivity index (χ3n) is 4.83. The predicted molar refractivity (Wildman–Crippen MR) is 112 cm³/mol. The van der Waals surface area contributed by atoms with E-state index in [9.17, 15) is 4.79 Å². The first-order valence-electron chi connectivity index (χ1n) is 9.25. The van der Waals surface area contributed by atoms with Crippen LogP contribution in [0.3, 0.4) is 0 Å². The Hall–Kier alpha value is -2.50. The fourth-order valence-corrected chi connectivity index (χ4v) is 3.46. The zero-order chi connectivity index (χ0) is 19.9. The molecule has 0 N–H and O–H groups in total. The fourth-order valence-electron chi connectivity index (χ4n) is 3.24. The first-order chi connectivity index (χ1) is 13.6. The van der Waals surface area contributed by atoms with Gasteiger partial charge in [-0.3, -0.25) is 9.69 Å². The number of rotatable bonds is 6. The Balaban J connectivity index is 1.54. The normalized spacial score (nSPS) is 15.0. The number of methoxy groups -OCH3 is 2. The van der Waals surface area contributed by atoms with Gasteiger partial charge in [0, 0.05) is 55.5 Å². The van der Waals surface area contributed by atoms with Crippen molar-refractivity contribution in [1.82, 2.24) is 9.80 Å². The molecule has 6 heteroatoms. The molecule has 0 saturated carbocycles. The second kappa shape index (κ2) is 9.62. The second-order valence-electron chi connectivity index (χ2n) is 6.67. The van der Waals surface area contributed by atoms with Crippen molar-refractivity contribution in [2.45, 2.75) is 6.54 Å². The standard InChI is InChI=1S/C22H25ClN2O3/c1-27-20-8-6-18(21(15-20)28-2)7-9-22(26)25-12-10-24(11-13-25)16-17-4-3-5-19(23)14-17/h3-9,14-15H,10-13,16H2,1-2H3/b9-7+. The summed E-state index contributed by atoms with van der Waals surface area (Å²) in [6, 6.07) is 13.4. The highest BCUT2D eigenvalue weighted by atomic mass is 35.5. The van der Waals surface area contributed by atoms with E-state index in [0.717, 1.165) is 36.0 Å². The Labute approximate surface area is 171 Å². The summed E-state index contributed by atoms with van der Waals surface area (Å²) in [5.74, 6) is 1.41. The first kappa shape index (κ1) is 20.2. The molecule has 0 atom stereocenters. The van der Waals surface area contributed by atoms with Crippen molar-refractivity contribution in [3.63, 3.8) is 0 Å². The third kappa shape index (κ3) is 5.27. The van der Waals surface area contributed by atoms with E-state index < -0.39 is 0 Å². The molecule has 5 nitrogen and oxygen atoms in total. The van der Waals surface area contributed by atoms with Gasteiger partial charge < -0.3 is 14.4 Å². The van der Waals surface area contributed by atoms with Gasteiger partial charge in [-0.1, -0.05) is 23.7 Å². The highest BCUT2D eigenvalue weighted by Gasteiger charge is 2.19. The highest BCUT2D eigenvalue weighted by Crippen LogP contribution is 2.25. The average molecular weight is 401 g/mol. The van der Waals surface area contributed by atoms with Gasteiger partial charge >= 0.3 is 0 Å². The minimum absolute atomic E-state index is 0.0141. The van der Waals surface area contributed by atoms with Crippen LogP contribution >= 0.6 is 11.6 Å². The molecule has 3 rings (SSSR count). The van der Waals surface area contributed by atoms with Crippen LogP contribution < -0.4 is 9.47 Å². The molecular formula is C22H25ClN2O3. The molecule has 1 aliphatic heterocycles. The van der Waals surface area contributed by atoms with Crippen molar-refractivity contribution in [3.05, 3.63) is 64.7 Å². The molecule has 2 aromatic rings. The molecule has 0 aromatic heterocycles. The number of piperazine rings is 1. The maximum absolute atomic E-state index is 12.5. The maximum atomic E-state index is 12.5. The van der Waals surface area contributed by atoms with Crippen molar-refractivity contribution in [2.24, 2.45) is 0 Å². The van der Waals surface area contributed by atoms with Crippen LogP contribution in [0.2, 0.25) is 5.02 Å². The van der Waals surface area contributed by atoms with Crippen molar-refractivity contribution in [1.29, 1.82) is 0 Å². The van der Waals surface area contributed by atoms with Gasteiger partial charge in [0.15, 0.2) is 0 Å². The quantitative estimate of drug-likeness (QED) is 0.693. The van der Waals surface area contributed by atoms with Gasteiger partial charge in [-0.05, 0) is 35.9 Å². The Bertz CT molecular complexity index is 845. The molecular weight excluding hydrogens is 376 g/mol. The van der Waals surface area contributed by atoms with Crippen molar-refractivity contribution < 1.29 is 14.3 Å². The molecule has 28 heavy (non-hydrogen) atoms. The Morgan fingerprint density at radius 2 is 1.86 bits per heavy atom. The lowest BCUT2D eigenvalue weighted by atomic mass is 10.1. The number of carbonyl (C=O) groups is 1. The summed E-state index contributed by atoms with van der Waals surface area (Å²) < 4.78 is 10.6. The number of hydrogen-bond donors (Lipinski definition) is 0. The van der Waals surface area contributed by atoms with Crippen LogP contribution in [-0.4, -0.2) is 56.1 Å². The summed E-state index contributed by atoms with van der Waals surface area (Å²) in [5.41, 5.74) is 2.04. The topological polar surface area (TPSA) is 42.0 Å². The van der Waals surface area contributed by atoms with Crippen molar-refractivity contribution in [3.8, 4) is 11.5 Å². The number of ether oxygens (including phenoxy) is 2. The summed E-state index contributed by atoms with van der Waals surface area (Å²) in [5, 5.41) is 0.755. The largest absolute Gasteiger partial charge is 0.497 e. The lowest BCUT2D eigenvalue weighted by molar-refractivity contribution is -0.127. The summed E-state index contributed by atoms with van der Waals surface area (Å²) in [4.78, 5) is 16.8. The monoisotopic (exact) mass is 400 g/mol. The van der Waals surface area contributed by atoms with E-state index >= 15 is 0 Å². The van der Waals surface area contributed by atoms with Crippen LogP contribution in [0.15, 0.2) is 48.5 Å². The maximum Gasteiger partial charge on any atom is 0.246 e. The molecule has 0 spiro atoms. The minimum Gasteiger partial charge on any atom is -0.497 e. The SMILES string of the molecule is COc1ccc(/C=C/C(=O)N2CCN(Cc3cccc(Cl)c3)CC2)c(OC)c1. The third-order valence-corrected chi connectivity index (χ3v) is 5.06. The van der Waals surface area contributed by atoms with E-state index in [1.807, 2.05) is 35.2 Å². The number of benzene rings is 2. The zero-order valence-corrected chi connectivity index (χ0v) is 17.0. The van der Waals surface area contributed by atoms with Gasteiger partial charge in [-0.25, -0.2) is 0 Å². The van der Waals surface area contributed by atoms with Gasteiger partial charge in [0.25, 0.3) is 0 Å². The molecule has 0 radical (unpaired) electrons. The molecule has 2 aromatic carbocycles. The number of nitrogens with zero attached hydrogens (tertiary/aromatic N) is 2.